The van der Waals surface area contributed by atoms with Crippen LogP contribution in [0.2, 0.25) is 0 Å². The van der Waals surface area contributed by atoms with E-state index in [1.807, 2.05) is 18.5 Å². The van der Waals surface area contributed by atoms with Crippen molar-refractivity contribution in [3.8, 4) is 0 Å². The number of nitrogens with zero attached hydrogens (tertiary/aromatic N) is 5. The third-order valence-electron chi connectivity index (χ3n) is 3.45. The maximum atomic E-state index is 12.6. The fraction of sp³-hybridized carbons (Fsp3) is 0.467. The number of guanidine groups is 1. The summed E-state index contributed by atoms with van der Waals surface area (Å²) in [5.74, 6) is 2.00. The Morgan fingerprint density at radius 3 is 2.67 bits per heavy atom. The van der Waals surface area contributed by atoms with Gasteiger partial charge in [-0.25, -0.2) is 9.98 Å². The van der Waals surface area contributed by atoms with Gasteiger partial charge in [-0.3, -0.25) is 0 Å². The summed E-state index contributed by atoms with van der Waals surface area (Å²) in [6.07, 6.45) is -2.37. The predicted molar refractivity (Wildman–Crippen MR) is 109 cm³/mol. The molecule has 2 heterocycles. The second-order valence-corrected chi connectivity index (χ2v) is 6.30. The molecule has 0 spiro atoms. The first kappa shape index (κ1) is 23.3. The fourth-order valence-corrected chi connectivity index (χ4v) is 2.73. The van der Waals surface area contributed by atoms with Gasteiger partial charge in [0, 0.05) is 31.9 Å². The Hall–Kier alpha value is -1.70. The van der Waals surface area contributed by atoms with Crippen molar-refractivity contribution in [3.63, 3.8) is 0 Å². The fourth-order valence-electron chi connectivity index (χ4n) is 1.93. The van der Waals surface area contributed by atoms with E-state index in [0.29, 0.717) is 42.8 Å². The van der Waals surface area contributed by atoms with Gasteiger partial charge in [-0.15, -0.1) is 52.1 Å². The summed E-state index contributed by atoms with van der Waals surface area (Å²) in [4.78, 5) is 8.01. The summed E-state index contributed by atoms with van der Waals surface area (Å²) in [5, 5.41) is 15.6. The Labute approximate surface area is 176 Å². The molecule has 0 aliphatic carbocycles. The Balaban J connectivity index is 0.00000364. The van der Waals surface area contributed by atoms with Gasteiger partial charge >= 0.3 is 6.18 Å². The molecule has 0 radical (unpaired) electrons. The Morgan fingerprint density at radius 1 is 1.37 bits per heavy atom. The molecular weight excluding hydrogens is 494 g/mol. The summed E-state index contributed by atoms with van der Waals surface area (Å²) in [7, 11) is 1.85. The SMILES string of the molecule is C=CCNC(=NCc1nnc(C)n1C)NCCc1nc(C(F)(F)F)cs1.I. The number of rotatable bonds is 7. The molecule has 0 fully saturated rings. The van der Waals surface area contributed by atoms with Crippen LogP contribution in [0.1, 0.15) is 22.4 Å². The highest BCUT2D eigenvalue weighted by atomic mass is 127. The van der Waals surface area contributed by atoms with E-state index in [9.17, 15) is 13.2 Å². The first-order chi connectivity index (χ1) is 12.3. The van der Waals surface area contributed by atoms with Gasteiger partial charge < -0.3 is 15.2 Å². The van der Waals surface area contributed by atoms with Crippen LogP contribution in [0, 0.1) is 6.92 Å². The maximum absolute atomic E-state index is 12.6. The average molecular weight is 515 g/mol. The van der Waals surface area contributed by atoms with Gasteiger partial charge in [-0.05, 0) is 6.92 Å². The molecule has 27 heavy (non-hydrogen) atoms. The quantitative estimate of drug-likeness (QED) is 0.257. The minimum absolute atomic E-state index is 0. The van der Waals surface area contributed by atoms with Gasteiger partial charge in [0.05, 0.1) is 5.01 Å². The highest BCUT2D eigenvalue weighted by Gasteiger charge is 2.33. The number of alkyl halides is 3. The second kappa shape index (κ2) is 10.6. The highest BCUT2D eigenvalue weighted by molar-refractivity contribution is 14.0. The molecule has 2 rings (SSSR count). The molecule has 0 aliphatic heterocycles. The van der Waals surface area contributed by atoms with Crippen LogP contribution in [-0.4, -0.2) is 38.8 Å². The molecule has 0 bridgehead atoms. The number of thiazole rings is 1. The largest absolute Gasteiger partial charge is 0.434 e. The smallest absolute Gasteiger partial charge is 0.356 e. The van der Waals surface area contributed by atoms with E-state index in [-0.39, 0.29) is 24.0 Å². The van der Waals surface area contributed by atoms with Crippen molar-refractivity contribution >= 4 is 41.3 Å². The highest BCUT2D eigenvalue weighted by Crippen LogP contribution is 2.29. The monoisotopic (exact) mass is 515 g/mol. The third kappa shape index (κ3) is 7.08. The summed E-state index contributed by atoms with van der Waals surface area (Å²) in [6.45, 7) is 6.69. The third-order valence-corrected chi connectivity index (χ3v) is 4.36. The van der Waals surface area contributed by atoms with E-state index in [1.54, 1.807) is 6.08 Å². The zero-order valence-corrected chi connectivity index (χ0v) is 18.0. The van der Waals surface area contributed by atoms with E-state index in [4.69, 9.17) is 0 Å². The number of aliphatic imine (C=N–C) groups is 1. The van der Waals surface area contributed by atoms with Crippen LogP contribution < -0.4 is 10.6 Å². The van der Waals surface area contributed by atoms with Crippen molar-refractivity contribution in [2.24, 2.45) is 12.0 Å². The van der Waals surface area contributed by atoms with Crippen molar-refractivity contribution in [2.45, 2.75) is 26.1 Å². The summed E-state index contributed by atoms with van der Waals surface area (Å²) >= 11 is 0.992. The summed E-state index contributed by atoms with van der Waals surface area (Å²) in [6, 6.07) is 0. The van der Waals surface area contributed by atoms with Crippen LogP contribution in [0.15, 0.2) is 23.0 Å². The van der Waals surface area contributed by atoms with Gasteiger partial charge in [0.1, 0.15) is 12.4 Å². The van der Waals surface area contributed by atoms with E-state index in [1.165, 1.54) is 0 Å². The van der Waals surface area contributed by atoms with Crippen LogP contribution in [0.25, 0.3) is 0 Å². The molecule has 0 atom stereocenters. The summed E-state index contributed by atoms with van der Waals surface area (Å²) in [5.41, 5.74) is -0.853. The molecule has 2 N–H and O–H groups in total. The van der Waals surface area contributed by atoms with Gasteiger partial charge in [0.25, 0.3) is 0 Å². The Kier molecular flexibility index (Phi) is 9.15. The van der Waals surface area contributed by atoms with Gasteiger partial charge in [0.2, 0.25) is 0 Å². The molecule has 12 heteroatoms. The number of hydrogen-bond donors (Lipinski definition) is 2. The van der Waals surface area contributed by atoms with Crippen molar-refractivity contribution in [3.05, 3.63) is 40.4 Å². The Bertz CT molecular complexity index is 770. The van der Waals surface area contributed by atoms with E-state index in [2.05, 4.69) is 37.4 Å². The van der Waals surface area contributed by atoms with Crippen LogP contribution in [0.4, 0.5) is 13.2 Å². The molecule has 2 aromatic rings. The van der Waals surface area contributed by atoms with Crippen molar-refractivity contribution < 1.29 is 13.2 Å². The molecule has 0 saturated heterocycles. The molecule has 2 aromatic heterocycles. The van der Waals surface area contributed by atoms with Crippen LogP contribution in [0.5, 0.6) is 0 Å². The molecular formula is C15H21F3IN7S. The molecule has 150 valence electrons. The lowest BCUT2D eigenvalue weighted by Crippen LogP contribution is -2.38. The number of hydrogen-bond acceptors (Lipinski definition) is 5. The normalized spacial score (nSPS) is 11.8. The van der Waals surface area contributed by atoms with Gasteiger partial charge in [0.15, 0.2) is 17.5 Å². The number of nitrogens with one attached hydrogen (secondary N) is 2. The van der Waals surface area contributed by atoms with Crippen molar-refractivity contribution in [1.82, 2.24) is 30.4 Å². The van der Waals surface area contributed by atoms with E-state index in [0.717, 1.165) is 22.5 Å². The predicted octanol–water partition coefficient (Wildman–Crippen LogP) is 2.68. The zero-order valence-electron chi connectivity index (χ0n) is 14.9. The zero-order chi connectivity index (χ0) is 19.2. The average Bonchev–Trinajstić information content (AvgIpc) is 3.18. The molecule has 7 nitrogen and oxygen atoms in total. The van der Waals surface area contributed by atoms with Crippen LogP contribution >= 0.6 is 35.3 Å². The molecule has 0 aromatic carbocycles. The number of halogens is 4. The first-order valence-corrected chi connectivity index (χ1v) is 8.68. The van der Waals surface area contributed by atoms with E-state index >= 15 is 0 Å². The van der Waals surface area contributed by atoms with Crippen LogP contribution in [-0.2, 0) is 26.2 Å². The lowest BCUT2D eigenvalue weighted by Gasteiger charge is -2.10. The molecule has 0 saturated carbocycles. The van der Waals surface area contributed by atoms with Crippen molar-refractivity contribution in [1.29, 1.82) is 0 Å². The van der Waals surface area contributed by atoms with Gasteiger partial charge in [-0.1, -0.05) is 6.08 Å². The second-order valence-electron chi connectivity index (χ2n) is 5.36. The van der Waals surface area contributed by atoms with E-state index < -0.39 is 11.9 Å². The first-order valence-electron chi connectivity index (χ1n) is 7.80. The minimum atomic E-state index is -4.41. The number of aromatic nitrogens is 4. The molecule has 0 amide bonds. The standard InChI is InChI=1S/C15H20F3N7S.HI/c1-4-6-19-14(21-8-12-24-23-10(2)25(12)3)20-7-5-13-22-11(9-26-13)15(16,17)18;/h4,9H,1,5-8H2,2-3H3,(H2,19,20,21);1H. The van der Waals surface area contributed by atoms with Gasteiger partial charge in [-0.2, -0.15) is 13.2 Å². The minimum Gasteiger partial charge on any atom is -0.356 e. The molecule has 0 aliphatic rings. The van der Waals surface area contributed by atoms with Crippen molar-refractivity contribution in [2.75, 3.05) is 13.1 Å². The summed E-state index contributed by atoms with van der Waals surface area (Å²) < 4.78 is 39.5. The van der Waals surface area contributed by atoms with Crippen LogP contribution in [0.3, 0.4) is 0 Å². The maximum Gasteiger partial charge on any atom is 0.434 e. The lowest BCUT2D eigenvalue weighted by atomic mass is 10.4. The number of aryl methyl sites for hydroxylation is 1. The lowest BCUT2D eigenvalue weighted by molar-refractivity contribution is -0.140. The topological polar surface area (TPSA) is 80.0 Å². The Morgan fingerprint density at radius 2 is 2.11 bits per heavy atom. The molecule has 0 unspecified atom stereocenters.